The van der Waals surface area contributed by atoms with Crippen molar-refractivity contribution in [2.24, 2.45) is 0 Å². The standard InChI is InChI=1S/C13H17F2NO3/c1-2-18-9-5-8-16-12(17)10-6-3-4-7-11(10)19-13(14)15/h3-4,6-7,13H,2,5,8-9H2,1H3,(H,16,17). The van der Waals surface area contributed by atoms with Gasteiger partial charge in [0.1, 0.15) is 5.75 Å². The van der Waals surface area contributed by atoms with Crippen molar-refractivity contribution in [1.29, 1.82) is 0 Å². The van der Waals surface area contributed by atoms with Crippen molar-refractivity contribution < 1.29 is 23.0 Å². The molecule has 0 aliphatic rings. The summed E-state index contributed by atoms with van der Waals surface area (Å²) in [6.45, 7) is 0.524. The van der Waals surface area contributed by atoms with E-state index in [1.807, 2.05) is 6.92 Å². The first-order valence-corrected chi connectivity index (χ1v) is 6.05. The van der Waals surface area contributed by atoms with Gasteiger partial charge in [-0.3, -0.25) is 4.79 Å². The van der Waals surface area contributed by atoms with Crippen molar-refractivity contribution in [1.82, 2.24) is 5.32 Å². The molecule has 1 amide bonds. The number of halogens is 2. The monoisotopic (exact) mass is 273 g/mol. The van der Waals surface area contributed by atoms with E-state index < -0.39 is 12.5 Å². The molecule has 0 spiro atoms. The average Bonchev–Trinajstić information content (AvgIpc) is 2.38. The van der Waals surface area contributed by atoms with Gasteiger partial charge in [0, 0.05) is 19.8 Å². The van der Waals surface area contributed by atoms with Gasteiger partial charge in [0.05, 0.1) is 5.56 Å². The van der Waals surface area contributed by atoms with Gasteiger partial charge in [0.25, 0.3) is 5.91 Å². The molecule has 0 aliphatic carbocycles. The summed E-state index contributed by atoms with van der Waals surface area (Å²) >= 11 is 0. The Morgan fingerprint density at radius 1 is 1.37 bits per heavy atom. The SMILES string of the molecule is CCOCCCNC(=O)c1ccccc1OC(F)F. The molecule has 106 valence electrons. The van der Waals surface area contributed by atoms with Crippen molar-refractivity contribution in [3.8, 4) is 5.75 Å². The number of benzene rings is 1. The molecule has 0 aliphatic heterocycles. The molecule has 4 nitrogen and oxygen atoms in total. The van der Waals surface area contributed by atoms with Crippen molar-refractivity contribution in [3.05, 3.63) is 29.8 Å². The van der Waals surface area contributed by atoms with Gasteiger partial charge in [-0.2, -0.15) is 8.78 Å². The van der Waals surface area contributed by atoms with Crippen LogP contribution in [0.1, 0.15) is 23.7 Å². The second-order valence-electron chi connectivity index (χ2n) is 3.68. The molecule has 6 heteroatoms. The van der Waals surface area contributed by atoms with Gasteiger partial charge in [-0.05, 0) is 25.5 Å². The highest BCUT2D eigenvalue weighted by molar-refractivity contribution is 5.96. The van der Waals surface area contributed by atoms with Gasteiger partial charge in [-0.25, -0.2) is 0 Å². The molecule has 0 saturated carbocycles. The zero-order chi connectivity index (χ0) is 14.1. The molecule has 0 atom stereocenters. The number of alkyl halides is 2. The number of ether oxygens (including phenoxy) is 2. The van der Waals surface area contributed by atoms with Crippen molar-refractivity contribution in [2.75, 3.05) is 19.8 Å². The van der Waals surface area contributed by atoms with E-state index in [0.717, 1.165) is 0 Å². The number of amides is 1. The Morgan fingerprint density at radius 2 is 2.11 bits per heavy atom. The molecule has 1 aromatic rings. The lowest BCUT2D eigenvalue weighted by Gasteiger charge is -2.10. The molecular weight excluding hydrogens is 256 g/mol. The van der Waals surface area contributed by atoms with Crippen LogP contribution in [0.3, 0.4) is 0 Å². The van der Waals surface area contributed by atoms with Gasteiger partial charge in [-0.15, -0.1) is 0 Å². The lowest BCUT2D eigenvalue weighted by Crippen LogP contribution is -2.26. The van der Waals surface area contributed by atoms with Crippen LogP contribution in [0.2, 0.25) is 0 Å². The lowest BCUT2D eigenvalue weighted by molar-refractivity contribution is -0.0501. The highest BCUT2D eigenvalue weighted by Crippen LogP contribution is 2.19. The maximum atomic E-state index is 12.2. The van der Waals surface area contributed by atoms with E-state index in [1.165, 1.54) is 18.2 Å². The van der Waals surface area contributed by atoms with Gasteiger partial charge < -0.3 is 14.8 Å². The zero-order valence-electron chi connectivity index (χ0n) is 10.7. The fraction of sp³-hybridized carbons (Fsp3) is 0.462. The third-order valence-electron chi connectivity index (χ3n) is 2.30. The summed E-state index contributed by atoms with van der Waals surface area (Å²) in [5.41, 5.74) is 0.0965. The van der Waals surface area contributed by atoms with Gasteiger partial charge >= 0.3 is 6.61 Å². The largest absolute Gasteiger partial charge is 0.434 e. The molecule has 0 fully saturated rings. The van der Waals surface area contributed by atoms with E-state index in [1.54, 1.807) is 6.07 Å². The minimum atomic E-state index is -2.95. The second kappa shape index (κ2) is 8.42. The molecule has 0 saturated heterocycles. The predicted molar refractivity (Wildman–Crippen MR) is 66.5 cm³/mol. The number of carbonyl (C=O) groups excluding carboxylic acids is 1. The second-order valence-corrected chi connectivity index (χ2v) is 3.68. The fourth-order valence-electron chi connectivity index (χ4n) is 1.47. The van der Waals surface area contributed by atoms with Crippen LogP contribution in [0.25, 0.3) is 0 Å². The van der Waals surface area contributed by atoms with Crippen LogP contribution < -0.4 is 10.1 Å². The van der Waals surface area contributed by atoms with Crippen LogP contribution >= 0.6 is 0 Å². The van der Waals surface area contributed by atoms with E-state index in [2.05, 4.69) is 10.1 Å². The Balaban J connectivity index is 2.51. The fourth-order valence-corrected chi connectivity index (χ4v) is 1.47. The van der Waals surface area contributed by atoms with Crippen LogP contribution in [-0.2, 0) is 4.74 Å². The smallest absolute Gasteiger partial charge is 0.387 e. The van der Waals surface area contributed by atoms with Gasteiger partial charge in [0.2, 0.25) is 0 Å². The van der Waals surface area contributed by atoms with E-state index in [9.17, 15) is 13.6 Å². The molecular formula is C13H17F2NO3. The van der Waals surface area contributed by atoms with Crippen LogP contribution in [0.15, 0.2) is 24.3 Å². The summed E-state index contributed by atoms with van der Waals surface area (Å²) in [6.07, 6.45) is 0.664. The molecule has 0 bridgehead atoms. The number of rotatable bonds is 8. The first kappa shape index (κ1) is 15.4. The van der Waals surface area contributed by atoms with E-state index in [-0.39, 0.29) is 11.3 Å². The van der Waals surface area contributed by atoms with E-state index in [0.29, 0.717) is 26.2 Å². The van der Waals surface area contributed by atoms with Crippen LogP contribution in [0.5, 0.6) is 5.75 Å². The number of para-hydroxylation sites is 1. The van der Waals surface area contributed by atoms with E-state index >= 15 is 0 Å². The lowest BCUT2D eigenvalue weighted by atomic mass is 10.2. The Kier molecular flexibility index (Phi) is 6.81. The van der Waals surface area contributed by atoms with Gasteiger partial charge in [-0.1, -0.05) is 12.1 Å². The molecule has 0 aromatic heterocycles. The minimum Gasteiger partial charge on any atom is -0.434 e. The summed E-state index contributed by atoms with van der Waals surface area (Å²) in [4.78, 5) is 11.8. The van der Waals surface area contributed by atoms with Crippen LogP contribution in [0.4, 0.5) is 8.78 Å². The maximum Gasteiger partial charge on any atom is 0.387 e. The number of hydrogen-bond donors (Lipinski definition) is 1. The first-order chi connectivity index (χ1) is 9.15. The number of nitrogens with one attached hydrogen (secondary N) is 1. The molecule has 1 aromatic carbocycles. The summed E-state index contributed by atoms with van der Waals surface area (Å²) in [7, 11) is 0. The topological polar surface area (TPSA) is 47.6 Å². The number of hydrogen-bond acceptors (Lipinski definition) is 3. The molecule has 0 radical (unpaired) electrons. The van der Waals surface area contributed by atoms with Gasteiger partial charge in [0.15, 0.2) is 0 Å². The highest BCUT2D eigenvalue weighted by Gasteiger charge is 2.14. The summed E-state index contributed by atoms with van der Waals surface area (Å²) < 4.78 is 33.8. The first-order valence-electron chi connectivity index (χ1n) is 6.05. The zero-order valence-corrected chi connectivity index (χ0v) is 10.7. The Labute approximate surface area is 110 Å². The Bertz CT molecular complexity index is 399. The number of carbonyl (C=O) groups is 1. The third-order valence-corrected chi connectivity index (χ3v) is 2.30. The Hall–Kier alpha value is -1.69. The quantitative estimate of drug-likeness (QED) is 0.740. The predicted octanol–water partition coefficient (Wildman–Crippen LogP) is 2.44. The molecule has 19 heavy (non-hydrogen) atoms. The van der Waals surface area contributed by atoms with Crippen LogP contribution in [-0.4, -0.2) is 32.3 Å². The molecule has 1 rings (SSSR count). The van der Waals surface area contributed by atoms with E-state index in [4.69, 9.17) is 4.74 Å². The minimum absolute atomic E-state index is 0.0965. The van der Waals surface area contributed by atoms with Crippen molar-refractivity contribution in [3.63, 3.8) is 0 Å². The molecule has 1 N–H and O–H groups in total. The summed E-state index contributed by atoms with van der Waals surface area (Å²) in [5.74, 6) is -0.562. The van der Waals surface area contributed by atoms with Crippen molar-refractivity contribution >= 4 is 5.91 Å². The Morgan fingerprint density at radius 3 is 2.79 bits per heavy atom. The average molecular weight is 273 g/mol. The van der Waals surface area contributed by atoms with Crippen molar-refractivity contribution in [2.45, 2.75) is 20.0 Å². The highest BCUT2D eigenvalue weighted by atomic mass is 19.3. The molecule has 0 unspecified atom stereocenters. The normalized spacial score (nSPS) is 10.5. The third kappa shape index (κ3) is 5.65. The molecule has 0 heterocycles. The van der Waals surface area contributed by atoms with Crippen LogP contribution in [0, 0.1) is 0 Å². The maximum absolute atomic E-state index is 12.2. The summed E-state index contributed by atoms with van der Waals surface area (Å²) in [6, 6.07) is 5.90. The summed E-state index contributed by atoms with van der Waals surface area (Å²) in [5, 5.41) is 2.63.